The highest BCUT2D eigenvalue weighted by Gasteiger charge is 2.18. The van der Waals surface area contributed by atoms with Crippen LogP contribution in [0.15, 0.2) is 71.5 Å². The van der Waals surface area contributed by atoms with Crippen LogP contribution in [0.4, 0.5) is 5.69 Å². The summed E-state index contributed by atoms with van der Waals surface area (Å²) in [6, 6.07) is 15.2. The van der Waals surface area contributed by atoms with Crippen molar-refractivity contribution in [3.8, 4) is 0 Å². The molecule has 0 spiro atoms. The Morgan fingerprint density at radius 3 is 2.43 bits per heavy atom. The molecular weight excluding hydrogens is 360 g/mol. The molecule has 1 aromatic carbocycles. The third-order valence-electron chi connectivity index (χ3n) is 3.79. The number of pyridine rings is 1. The van der Waals surface area contributed by atoms with Crippen molar-refractivity contribution < 1.29 is 18.8 Å². The first-order valence-corrected chi connectivity index (χ1v) is 8.52. The summed E-state index contributed by atoms with van der Waals surface area (Å²) < 4.78 is 5.17. The zero-order valence-electron chi connectivity index (χ0n) is 14.8. The number of rotatable bonds is 6. The molecule has 0 bridgehead atoms. The zero-order chi connectivity index (χ0) is 19.8. The van der Waals surface area contributed by atoms with Crippen LogP contribution in [0, 0.1) is 0 Å². The third kappa shape index (κ3) is 5.04. The van der Waals surface area contributed by atoms with E-state index in [9.17, 15) is 14.4 Å². The van der Waals surface area contributed by atoms with Gasteiger partial charge in [-0.05, 0) is 36.4 Å². The van der Waals surface area contributed by atoms with Gasteiger partial charge in [-0.15, -0.1) is 0 Å². The van der Waals surface area contributed by atoms with Gasteiger partial charge in [0.1, 0.15) is 5.76 Å². The molecule has 28 heavy (non-hydrogen) atoms. The minimum atomic E-state index is -0.873. The van der Waals surface area contributed by atoms with Crippen molar-refractivity contribution in [1.29, 1.82) is 0 Å². The predicted molar refractivity (Wildman–Crippen MR) is 101 cm³/mol. The summed E-state index contributed by atoms with van der Waals surface area (Å²) in [5, 5.41) is 7.65. The first-order chi connectivity index (χ1) is 13.6. The van der Waals surface area contributed by atoms with E-state index >= 15 is 0 Å². The highest BCUT2D eigenvalue weighted by atomic mass is 16.3. The maximum atomic E-state index is 12.4. The Hall–Kier alpha value is -3.94. The Morgan fingerprint density at radius 2 is 1.68 bits per heavy atom. The molecule has 3 aromatic rings. The molecule has 0 saturated carbocycles. The summed E-state index contributed by atoms with van der Waals surface area (Å²) in [6.07, 6.45) is 3.11. The first-order valence-electron chi connectivity index (χ1n) is 8.52. The lowest BCUT2D eigenvalue weighted by atomic mass is 10.1. The highest BCUT2D eigenvalue weighted by Crippen LogP contribution is 2.15. The molecule has 0 atom stereocenters. The highest BCUT2D eigenvalue weighted by molar-refractivity contribution is 6.40. The second-order valence-electron chi connectivity index (χ2n) is 5.77. The maximum absolute atomic E-state index is 12.4. The summed E-state index contributed by atoms with van der Waals surface area (Å²) in [6.45, 7) is 0.330. The molecule has 2 heterocycles. The maximum Gasteiger partial charge on any atom is 0.313 e. The van der Waals surface area contributed by atoms with Crippen molar-refractivity contribution >= 4 is 23.4 Å². The van der Waals surface area contributed by atoms with Gasteiger partial charge < -0.3 is 20.4 Å². The van der Waals surface area contributed by atoms with Crippen LogP contribution in [0.5, 0.6) is 0 Å². The van der Waals surface area contributed by atoms with E-state index in [0.29, 0.717) is 11.5 Å². The van der Waals surface area contributed by atoms with E-state index in [1.807, 2.05) is 0 Å². The number of furan rings is 1. The van der Waals surface area contributed by atoms with Gasteiger partial charge in [-0.2, -0.15) is 0 Å². The van der Waals surface area contributed by atoms with Crippen molar-refractivity contribution in [3.63, 3.8) is 0 Å². The Balaban J connectivity index is 1.59. The van der Waals surface area contributed by atoms with Gasteiger partial charge in [-0.25, -0.2) is 0 Å². The monoisotopic (exact) mass is 378 g/mol. The van der Waals surface area contributed by atoms with Crippen LogP contribution in [0.25, 0.3) is 0 Å². The molecule has 0 fully saturated rings. The van der Waals surface area contributed by atoms with E-state index in [0.717, 1.165) is 0 Å². The van der Waals surface area contributed by atoms with Gasteiger partial charge in [0.25, 0.3) is 5.91 Å². The normalized spacial score (nSPS) is 10.1. The molecule has 8 nitrogen and oxygen atoms in total. The molecule has 2 aromatic heterocycles. The van der Waals surface area contributed by atoms with Gasteiger partial charge in [-0.1, -0.05) is 18.2 Å². The second-order valence-corrected chi connectivity index (χ2v) is 5.77. The van der Waals surface area contributed by atoms with Crippen molar-refractivity contribution in [2.24, 2.45) is 0 Å². The molecule has 3 N–H and O–H groups in total. The van der Waals surface area contributed by atoms with E-state index in [1.165, 1.54) is 6.26 Å². The van der Waals surface area contributed by atoms with Crippen molar-refractivity contribution in [3.05, 3.63) is 84.1 Å². The van der Waals surface area contributed by atoms with Crippen LogP contribution in [0.1, 0.15) is 21.8 Å². The van der Waals surface area contributed by atoms with Crippen molar-refractivity contribution in [2.75, 3.05) is 5.32 Å². The number of nitrogens with zero attached hydrogens (tertiary/aromatic N) is 1. The first kappa shape index (κ1) is 18.8. The minimum absolute atomic E-state index is 0.123. The lowest BCUT2D eigenvalue weighted by molar-refractivity contribution is -0.136. The Morgan fingerprint density at radius 1 is 0.857 bits per heavy atom. The molecule has 142 valence electrons. The Labute approximate surface area is 161 Å². The molecule has 0 aliphatic heterocycles. The molecule has 0 saturated heterocycles. The minimum Gasteiger partial charge on any atom is -0.467 e. The number of anilines is 1. The molecule has 0 unspecified atom stereocenters. The fraction of sp³-hybridized carbons (Fsp3) is 0.100. The number of hydrogen-bond donors (Lipinski definition) is 3. The lowest BCUT2D eigenvalue weighted by Gasteiger charge is -2.11. The smallest absolute Gasteiger partial charge is 0.313 e. The van der Waals surface area contributed by atoms with E-state index < -0.39 is 17.7 Å². The number of aromatic nitrogens is 1. The molecule has 0 aliphatic carbocycles. The fourth-order valence-electron chi connectivity index (χ4n) is 2.40. The van der Waals surface area contributed by atoms with Crippen LogP contribution in [0.3, 0.4) is 0 Å². The molecular formula is C20H18N4O4. The van der Waals surface area contributed by atoms with E-state index in [2.05, 4.69) is 20.9 Å². The summed E-state index contributed by atoms with van der Waals surface area (Å²) >= 11 is 0. The SMILES string of the molecule is O=C(NCc1ccccn1)C(=O)Nc1ccccc1C(=O)NCc1ccco1. The summed E-state index contributed by atoms with van der Waals surface area (Å²) in [5.41, 5.74) is 1.10. The number of carbonyl (C=O) groups excluding carboxylic acids is 3. The Kier molecular flexibility index (Phi) is 6.14. The third-order valence-corrected chi connectivity index (χ3v) is 3.79. The van der Waals surface area contributed by atoms with E-state index in [1.54, 1.807) is 60.8 Å². The van der Waals surface area contributed by atoms with Crippen LogP contribution < -0.4 is 16.0 Å². The van der Waals surface area contributed by atoms with Crippen LogP contribution in [0.2, 0.25) is 0 Å². The molecule has 0 aliphatic rings. The molecule has 3 rings (SSSR count). The van der Waals surface area contributed by atoms with Gasteiger partial charge >= 0.3 is 11.8 Å². The molecule has 0 radical (unpaired) electrons. The van der Waals surface area contributed by atoms with Crippen molar-refractivity contribution in [2.45, 2.75) is 13.1 Å². The van der Waals surface area contributed by atoms with Crippen LogP contribution >= 0.6 is 0 Å². The van der Waals surface area contributed by atoms with Gasteiger partial charge in [0.2, 0.25) is 0 Å². The summed E-state index contributed by atoms with van der Waals surface area (Å²) in [7, 11) is 0. The van der Waals surface area contributed by atoms with Gasteiger partial charge in [0.15, 0.2) is 0 Å². The quantitative estimate of drug-likeness (QED) is 0.567. The van der Waals surface area contributed by atoms with Gasteiger partial charge in [-0.3, -0.25) is 19.4 Å². The number of nitrogens with one attached hydrogen (secondary N) is 3. The largest absolute Gasteiger partial charge is 0.467 e. The average molecular weight is 378 g/mol. The fourth-order valence-corrected chi connectivity index (χ4v) is 2.40. The van der Waals surface area contributed by atoms with Crippen LogP contribution in [-0.4, -0.2) is 22.7 Å². The predicted octanol–water partition coefficient (Wildman–Crippen LogP) is 1.86. The van der Waals surface area contributed by atoms with E-state index in [-0.39, 0.29) is 24.3 Å². The Bertz CT molecular complexity index is 955. The summed E-state index contributed by atoms with van der Waals surface area (Å²) in [4.78, 5) is 40.7. The average Bonchev–Trinajstić information content (AvgIpc) is 3.25. The van der Waals surface area contributed by atoms with Gasteiger partial charge in [0.05, 0.1) is 36.3 Å². The van der Waals surface area contributed by atoms with E-state index in [4.69, 9.17) is 4.42 Å². The molecule has 3 amide bonds. The lowest BCUT2D eigenvalue weighted by Crippen LogP contribution is -2.35. The number of benzene rings is 1. The van der Waals surface area contributed by atoms with Crippen molar-refractivity contribution in [1.82, 2.24) is 15.6 Å². The van der Waals surface area contributed by atoms with Crippen LogP contribution in [-0.2, 0) is 22.7 Å². The number of carbonyl (C=O) groups is 3. The molecule has 8 heteroatoms. The number of para-hydroxylation sites is 1. The van der Waals surface area contributed by atoms with Gasteiger partial charge in [0, 0.05) is 6.20 Å². The number of hydrogen-bond acceptors (Lipinski definition) is 5. The second kappa shape index (κ2) is 9.13. The standard InChI is InChI=1S/C20H18N4O4/c25-18(23-13-15-7-5-11-28-15)16-8-1-2-9-17(16)24-20(27)19(26)22-12-14-6-3-4-10-21-14/h1-11H,12-13H2,(H,22,26)(H,23,25)(H,24,27). The summed E-state index contributed by atoms with van der Waals surface area (Å²) in [5.74, 6) is -1.50. The zero-order valence-corrected chi connectivity index (χ0v) is 14.8. The number of amides is 3. The topological polar surface area (TPSA) is 113 Å².